The zero-order chi connectivity index (χ0) is 13.8. The molecule has 1 aromatic carbocycles. The monoisotopic (exact) mass is 259 g/mol. The van der Waals surface area contributed by atoms with Crippen molar-refractivity contribution in [2.24, 2.45) is 0 Å². The molecule has 0 saturated heterocycles. The number of esters is 1. The van der Waals surface area contributed by atoms with Crippen LogP contribution in [0, 0.1) is 0 Å². The fourth-order valence-corrected chi connectivity index (χ4v) is 1.87. The lowest BCUT2D eigenvalue weighted by Crippen LogP contribution is -2.29. The largest absolute Gasteiger partial charge is 0.463 e. The Morgan fingerprint density at radius 3 is 2.79 bits per heavy atom. The van der Waals surface area contributed by atoms with E-state index in [-0.39, 0.29) is 6.54 Å². The molecule has 0 spiro atoms. The van der Waals surface area contributed by atoms with E-state index in [9.17, 15) is 14.4 Å². The van der Waals surface area contributed by atoms with Gasteiger partial charge in [0.2, 0.25) is 0 Å². The van der Waals surface area contributed by atoms with Crippen LogP contribution in [0.1, 0.15) is 17.3 Å². The molecule has 19 heavy (non-hydrogen) atoms. The second-order valence-electron chi connectivity index (χ2n) is 3.92. The lowest BCUT2D eigenvalue weighted by atomic mass is 10.1. The van der Waals surface area contributed by atoms with Gasteiger partial charge in [-0.25, -0.2) is 4.79 Å². The van der Waals surface area contributed by atoms with Gasteiger partial charge in [0, 0.05) is 12.6 Å². The molecule has 5 nitrogen and oxygen atoms in total. The minimum atomic E-state index is -0.574. The minimum absolute atomic E-state index is 0.167. The minimum Gasteiger partial charge on any atom is -0.463 e. The van der Waals surface area contributed by atoms with E-state index in [0.717, 1.165) is 0 Å². The average molecular weight is 259 g/mol. The highest BCUT2D eigenvalue weighted by molar-refractivity contribution is 6.52. The van der Waals surface area contributed by atoms with Gasteiger partial charge in [0.05, 0.1) is 17.9 Å². The summed E-state index contributed by atoms with van der Waals surface area (Å²) >= 11 is 0. The van der Waals surface area contributed by atoms with Crippen molar-refractivity contribution in [1.82, 2.24) is 0 Å². The number of fused-ring (bicyclic) bond motifs is 1. The van der Waals surface area contributed by atoms with Gasteiger partial charge in [-0.15, -0.1) is 0 Å². The van der Waals surface area contributed by atoms with Crippen LogP contribution in [0.2, 0.25) is 0 Å². The SMILES string of the molecule is CCOC(=O)/C=C/CN1C(=O)C(=O)c2ccccc21. The number of hydrogen-bond donors (Lipinski definition) is 0. The number of amides is 1. The maximum absolute atomic E-state index is 11.8. The predicted octanol–water partition coefficient (Wildman–Crippen LogP) is 1.34. The zero-order valence-electron chi connectivity index (χ0n) is 10.5. The number of nitrogens with zero attached hydrogens (tertiary/aromatic N) is 1. The van der Waals surface area contributed by atoms with Crippen molar-refractivity contribution in [2.75, 3.05) is 18.1 Å². The van der Waals surface area contributed by atoms with E-state index in [4.69, 9.17) is 4.74 Å². The number of hydrogen-bond acceptors (Lipinski definition) is 4. The molecule has 0 N–H and O–H groups in total. The summed E-state index contributed by atoms with van der Waals surface area (Å²) in [4.78, 5) is 36.0. The Morgan fingerprint density at radius 2 is 2.05 bits per heavy atom. The summed E-state index contributed by atoms with van der Waals surface area (Å²) in [5.41, 5.74) is 0.975. The number of carbonyl (C=O) groups excluding carboxylic acids is 3. The molecule has 98 valence electrons. The summed E-state index contributed by atoms with van der Waals surface area (Å²) < 4.78 is 4.73. The lowest BCUT2D eigenvalue weighted by Gasteiger charge is -2.13. The molecule has 1 heterocycles. The first-order valence-corrected chi connectivity index (χ1v) is 5.93. The van der Waals surface area contributed by atoms with Gasteiger partial charge >= 0.3 is 5.97 Å². The van der Waals surface area contributed by atoms with E-state index in [2.05, 4.69) is 0 Å². The lowest BCUT2D eigenvalue weighted by molar-refractivity contribution is -0.137. The van der Waals surface area contributed by atoms with Crippen molar-refractivity contribution in [3.05, 3.63) is 42.0 Å². The van der Waals surface area contributed by atoms with Gasteiger partial charge in [0.15, 0.2) is 0 Å². The number of para-hydroxylation sites is 1. The van der Waals surface area contributed by atoms with Gasteiger partial charge in [-0.1, -0.05) is 18.2 Å². The van der Waals surface area contributed by atoms with Crippen molar-refractivity contribution in [3.8, 4) is 0 Å². The molecule has 1 aromatic rings. The Kier molecular flexibility index (Phi) is 3.75. The van der Waals surface area contributed by atoms with Crippen molar-refractivity contribution in [2.45, 2.75) is 6.92 Å². The Morgan fingerprint density at radius 1 is 1.32 bits per heavy atom. The Labute approximate surface area is 110 Å². The maximum Gasteiger partial charge on any atom is 0.330 e. The zero-order valence-corrected chi connectivity index (χ0v) is 10.5. The smallest absolute Gasteiger partial charge is 0.330 e. The van der Waals surface area contributed by atoms with Crippen LogP contribution in [-0.4, -0.2) is 30.8 Å². The third-order valence-electron chi connectivity index (χ3n) is 2.71. The molecule has 5 heteroatoms. The number of rotatable bonds is 4. The van der Waals surface area contributed by atoms with Crippen molar-refractivity contribution < 1.29 is 19.1 Å². The average Bonchev–Trinajstić information content (AvgIpc) is 2.65. The fraction of sp³-hybridized carbons (Fsp3) is 0.214. The summed E-state index contributed by atoms with van der Waals surface area (Å²) in [6.07, 6.45) is 2.76. The molecule has 0 fully saturated rings. The molecule has 1 amide bonds. The summed E-state index contributed by atoms with van der Waals surface area (Å²) in [7, 11) is 0. The molecule has 0 atom stereocenters. The van der Waals surface area contributed by atoms with Gasteiger partial charge in [-0.3, -0.25) is 9.59 Å². The third-order valence-corrected chi connectivity index (χ3v) is 2.71. The predicted molar refractivity (Wildman–Crippen MR) is 68.9 cm³/mol. The molecule has 0 saturated carbocycles. The summed E-state index contributed by atoms with van der Waals surface area (Å²) in [6.45, 7) is 2.18. The van der Waals surface area contributed by atoms with Crippen molar-refractivity contribution >= 4 is 23.3 Å². The van der Waals surface area contributed by atoms with Gasteiger partial charge in [0.25, 0.3) is 11.7 Å². The first-order chi connectivity index (χ1) is 9.15. The van der Waals surface area contributed by atoms with E-state index in [1.165, 1.54) is 17.1 Å². The number of carbonyl (C=O) groups is 3. The van der Waals surface area contributed by atoms with Gasteiger partial charge < -0.3 is 9.64 Å². The molecule has 2 rings (SSSR count). The quantitative estimate of drug-likeness (QED) is 0.465. The molecular weight excluding hydrogens is 246 g/mol. The van der Waals surface area contributed by atoms with Crippen LogP contribution in [0.3, 0.4) is 0 Å². The van der Waals surface area contributed by atoms with E-state index >= 15 is 0 Å². The van der Waals surface area contributed by atoms with E-state index in [1.54, 1.807) is 31.2 Å². The number of ether oxygens (including phenoxy) is 1. The number of ketones is 1. The summed E-state index contributed by atoms with van der Waals surface area (Å²) in [6, 6.07) is 6.79. The third kappa shape index (κ3) is 2.54. The second-order valence-corrected chi connectivity index (χ2v) is 3.92. The highest BCUT2D eigenvalue weighted by Gasteiger charge is 2.34. The van der Waals surface area contributed by atoms with Crippen LogP contribution in [0.15, 0.2) is 36.4 Å². The summed E-state index contributed by atoms with van der Waals surface area (Å²) in [5, 5.41) is 0. The number of Topliss-reactive ketones (excluding diaryl/α,β-unsaturated/α-hetero) is 1. The van der Waals surface area contributed by atoms with E-state index in [0.29, 0.717) is 17.9 Å². The number of anilines is 1. The van der Waals surface area contributed by atoms with Crippen molar-refractivity contribution in [3.63, 3.8) is 0 Å². The van der Waals surface area contributed by atoms with E-state index < -0.39 is 17.7 Å². The molecule has 0 aliphatic carbocycles. The number of benzene rings is 1. The first kappa shape index (κ1) is 13.0. The highest BCUT2D eigenvalue weighted by Crippen LogP contribution is 2.27. The van der Waals surface area contributed by atoms with Gasteiger partial charge in [-0.05, 0) is 19.1 Å². The molecule has 0 radical (unpaired) electrons. The van der Waals surface area contributed by atoms with Crippen LogP contribution in [-0.2, 0) is 14.3 Å². The molecular formula is C14H13NO4. The van der Waals surface area contributed by atoms with Crippen LogP contribution in [0.5, 0.6) is 0 Å². The Bertz CT molecular complexity index is 562. The molecule has 0 aromatic heterocycles. The van der Waals surface area contributed by atoms with Crippen LogP contribution < -0.4 is 4.90 Å². The topological polar surface area (TPSA) is 63.7 Å². The van der Waals surface area contributed by atoms with Crippen LogP contribution in [0.25, 0.3) is 0 Å². The first-order valence-electron chi connectivity index (χ1n) is 5.93. The molecule has 1 aliphatic rings. The maximum atomic E-state index is 11.8. The Balaban J connectivity index is 2.12. The Hall–Kier alpha value is -2.43. The van der Waals surface area contributed by atoms with Gasteiger partial charge in [0.1, 0.15) is 0 Å². The normalized spacial score (nSPS) is 14.1. The highest BCUT2D eigenvalue weighted by atomic mass is 16.5. The molecule has 1 aliphatic heterocycles. The molecule has 0 bridgehead atoms. The second kappa shape index (κ2) is 5.48. The standard InChI is InChI=1S/C14H13NO4/c1-2-19-12(16)8-5-9-15-11-7-4-3-6-10(11)13(17)14(15)18/h3-8H,2,9H2,1H3/b8-5+. The van der Waals surface area contributed by atoms with E-state index in [1.807, 2.05) is 0 Å². The van der Waals surface area contributed by atoms with Crippen LogP contribution in [0.4, 0.5) is 5.69 Å². The summed E-state index contributed by atoms with van der Waals surface area (Å²) in [5.74, 6) is -1.55. The fourth-order valence-electron chi connectivity index (χ4n) is 1.87. The van der Waals surface area contributed by atoms with Gasteiger partial charge in [-0.2, -0.15) is 0 Å². The molecule has 0 unspecified atom stereocenters. The van der Waals surface area contributed by atoms with Crippen LogP contribution >= 0.6 is 0 Å². The van der Waals surface area contributed by atoms with Crippen molar-refractivity contribution in [1.29, 1.82) is 0 Å².